The smallest absolute Gasteiger partial charge is 0.243 e. The van der Waals surface area contributed by atoms with Crippen LogP contribution in [0.25, 0.3) is 0 Å². The van der Waals surface area contributed by atoms with Crippen LogP contribution in [0.5, 0.6) is 0 Å². The molecular weight excluding hydrogens is 496 g/mol. The zero-order chi connectivity index (χ0) is 27.5. The first-order valence-electron chi connectivity index (χ1n) is 13.2. The molecule has 0 saturated heterocycles. The Kier molecular flexibility index (Phi) is 11.2. The van der Waals surface area contributed by atoms with Gasteiger partial charge >= 0.3 is 0 Å². The van der Waals surface area contributed by atoms with Gasteiger partial charge in [0.15, 0.2) is 5.78 Å². The molecule has 0 amide bonds. The van der Waals surface area contributed by atoms with Crippen LogP contribution in [-0.4, -0.2) is 43.7 Å². The molecule has 6 nitrogen and oxygen atoms in total. The van der Waals surface area contributed by atoms with E-state index in [0.29, 0.717) is 12.8 Å². The van der Waals surface area contributed by atoms with Crippen molar-refractivity contribution in [2.75, 3.05) is 13.2 Å². The minimum absolute atomic E-state index is 0.0507. The number of carbonyl (C=O) groups is 1. The molecule has 0 bridgehead atoms. The number of benzene rings is 3. The van der Waals surface area contributed by atoms with E-state index in [1.165, 1.54) is 4.31 Å². The fourth-order valence-electron chi connectivity index (χ4n) is 4.28. The molecule has 38 heavy (non-hydrogen) atoms. The zero-order valence-electron chi connectivity index (χ0n) is 22.6. The molecule has 2 N–H and O–H groups in total. The van der Waals surface area contributed by atoms with Crippen LogP contribution in [0.2, 0.25) is 0 Å². The quantitative estimate of drug-likeness (QED) is 0.290. The van der Waals surface area contributed by atoms with E-state index in [4.69, 9.17) is 10.5 Å². The summed E-state index contributed by atoms with van der Waals surface area (Å²) in [6.07, 6.45) is 1.69. The number of sulfonamides is 1. The molecule has 0 spiro atoms. The lowest BCUT2D eigenvalue weighted by Gasteiger charge is -2.33. The van der Waals surface area contributed by atoms with Crippen molar-refractivity contribution in [1.82, 2.24) is 4.31 Å². The van der Waals surface area contributed by atoms with Gasteiger partial charge in [-0.3, -0.25) is 4.79 Å². The lowest BCUT2D eigenvalue weighted by atomic mass is 9.98. The highest BCUT2D eigenvalue weighted by atomic mass is 32.2. The fraction of sp³-hybridized carbons (Fsp3) is 0.387. The third-order valence-corrected chi connectivity index (χ3v) is 8.91. The molecule has 3 atom stereocenters. The Bertz CT molecular complexity index is 1230. The number of Topliss-reactive ketones (excluding diaryl/α,β-unsaturated/α-hetero) is 1. The minimum atomic E-state index is -4.00. The summed E-state index contributed by atoms with van der Waals surface area (Å²) in [5.41, 5.74) is 9.44. The summed E-state index contributed by atoms with van der Waals surface area (Å²) in [4.78, 5) is 13.8. The van der Waals surface area contributed by atoms with E-state index in [-0.39, 0.29) is 36.4 Å². The predicted octanol–water partition coefficient (Wildman–Crippen LogP) is 5.15. The van der Waals surface area contributed by atoms with Gasteiger partial charge in [-0.05, 0) is 48.9 Å². The third kappa shape index (κ3) is 8.33. The maximum Gasteiger partial charge on any atom is 0.243 e. The van der Waals surface area contributed by atoms with Crippen LogP contribution in [0.4, 0.5) is 0 Å². The summed E-state index contributed by atoms with van der Waals surface area (Å²) in [7, 11) is -4.00. The number of hydrogen-bond acceptors (Lipinski definition) is 5. The number of ketones is 1. The molecule has 0 aliphatic rings. The van der Waals surface area contributed by atoms with E-state index in [9.17, 15) is 13.2 Å². The normalized spacial score (nSPS) is 14.2. The van der Waals surface area contributed by atoms with Crippen molar-refractivity contribution < 1.29 is 17.9 Å². The van der Waals surface area contributed by atoms with E-state index < -0.39 is 22.1 Å². The van der Waals surface area contributed by atoms with Gasteiger partial charge in [-0.25, -0.2) is 8.42 Å². The Morgan fingerprint density at radius 3 is 2.08 bits per heavy atom. The molecule has 3 aromatic carbocycles. The third-order valence-electron chi connectivity index (χ3n) is 7.02. The van der Waals surface area contributed by atoms with Gasteiger partial charge < -0.3 is 10.5 Å². The van der Waals surface area contributed by atoms with Gasteiger partial charge in [0.05, 0.1) is 17.5 Å². The van der Waals surface area contributed by atoms with Crippen LogP contribution < -0.4 is 5.73 Å². The Morgan fingerprint density at radius 1 is 0.921 bits per heavy atom. The monoisotopic (exact) mass is 536 g/mol. The highest BCUT2D eigenvalue weighted by Gasteiger charge is 2.37. The molecule has 0 aliphatic carbocycles. The van der Waals surface area contributed by atoms with Crippen LogP contribution >= 0.6 is 0 Å². The Labute approximate surface area is 227 Å². The van der Waals surface area contributed by atoms with Gasteiger partial charge in [0.2, 0.25) is 10.0 Å². The van der Waals surface area contributed by atoms with E-state index in [1.807, 2.05) is 81.4 Å². The van der Waals surface area contributed by atoms with Crippen molar-refractivity contribution in [3.8, 4) is 0 Å². The van der Waals surface area contributed by atoms with E-state index in [2.05, 4.69) is 0 Å². The molecular formula is C31H40N2O4S. The van der Waals surface area contributed by atoms with Crippen LogP contribution in [0.1, 0.15) is 43.4 Å². The summed E-state index contributed by atoms with van der Waals surface area (Å²) in [6, 6.07) is 24.8. The molecule has 0 heterocycles. The van der Waals surface area contributed by atoms with E-state index in [1.54, 1.807) is 24.3 Å². The summed E-state index contributed by atoms with van der Waals surface area (Å²) in [5.74, 6) is -0.186. The maximum absolute atomic E-state index is 14.0. The summed E-state index contributed by atoms with van der Waals surface area (Å²) >= 11 is 0. The van der Waals surface area contributed by atoms with E-state index >= 15 is 0 Å². The maximum atomic E-state index is 14.0. The molecule has 0 aromatic heterocycles. The summed E-state index contributed by atoms with van der Waals surface area (Å²) < 4.78 is 35.1. The van der Waals surface area contributed by atoms with Gasteiger partial charge in [0, 0.05) is 12.6 Å². The summed E-state index contributed by atoms with van der Waals surface area (Å²) in [5, 5.41) is 0. The van der Waals surface area contributed by atoms with Crippen molar-refractivity contribution in [1.29, 1.82) is 0 Å². The lowest BCUT2D eigenvalue weighted by Crippen LogP contribution is -2.52. The number of rotatable bonds is 15. The average molecular weight is 537 g/mol. The average Bonchev–Trinajstić information content (AvgIpc) is 2.93. The van der Waals surface area contributed by atoms with Crippen molar-refractivity contribution in [3.63, 3.8) is 0 Å². The van der Waals surface area contributed by atoms with Crippen molar-refractivity contribution >= 4 is 15.8 Å². The number of nitrogens with zero attached hydrogens (tertiary/aromatic N) is 1. The fourth-order valence-corrected chi connectivity index (χ4v) is 5.96. The van der Waals surface area contributed by atoms with Crippen LogP contribution in [0, 0.1) is 12.8 Å². The first-order chi connectivity index (χ1) is 18.2. The van der Waals surface area contributed by atoms with Crippen LogP contribution in [0.15, 0.2) is 89.8 Å². The number of ether oxygens (including phenoxy) is 1. The SMILES string of the molecule is CCC(C)C(N)CN(C(CCc1ccccc1)C(=O)COCc1ccccc1)S(=O)(=O)c1ccc(C)cc1. The molecule has 0 saturated carbocycles. The Balaban J connectivity index is 1.93. The van der Waals surface area contributed by atoms with Gasteiger partial charge in [-0.2, -0.15) is 4.31 Å². The molecule has 204 valence electrons. The standard InChI is InChI=1S/C31H40N2O4S/c1-4-25(3)29(32)21-33(38(35,36)28-18-15-24(2)16-19-28)30(20-17-26-11-7-5-8-12-26)31(34)23-37-22-27-13-9-6-10-14-27/h5-16,18-19,25,29-30H,4,17,20-23,32H2,1-3H3. The number of hydrogen-bond donors (Lipinski definition) is 1. The summed E-state index contributed by atoms with van der Waals surface area (Å²) in [6.45, 7) is 6.07. The van der Waals surface area contributed by atoms with Gasteiger partial charge in [-0.1, -0.05) is 98.6 Å². The molecule has 3 unspecified atom stereocenters. The highest BCUT2D eigenvalue weighted by Crippen LogP contribution is 2.24. The molecule has 7 heteroatoms. The number of carbonyl (C=O) groups excluding carboxylic acids is 1. The number of aryl methyl sites for hydroxylation is 2. The molecule has 3 rings (SSSR count). The Morgan fingerprint density at radius 2 is 1.50 bits per heavy atom. The first kappa shape index (κ1) is 29.7. The number of nitrogens with two attached hydrogens (primary N) is 1. The Hall–Kier alpha value is -2.84. The van der Waals surface area contributed by atoms with Crippen molar-refractivity contribution in [2.45, 2.75) is 63.6 Å². The van der Waals surface area contributed by atoms with Crippen molar-refractivity contribution in [3.05, 3.63) is 102 Å². The second kappa shape index (κ2) is 14.4. The van der Waals surface area contributed by atoms with Crippen molar-refractivity contribution in [2.24, 2.45) is 11.7 Å². The lowest BCUT2D eigenvalue weighted by molar-refractivity contribution is -0.128. The van der Waals surface area contributed by atoms with Gasteiger partial charge in [-0.15, -0.1) is 0 Å². The highest BCUT2D eigenvalue weighted by molar-refractivity contribution is 7.89. The molecule has 0 aliphatic heterocycles. The van der Waals surface area contributed by atoms with Crippen LogP contribution in [0.3, 0.4) is 0 Å². The minimum Gasteiger partial charge on any atom is -0.369 e. The topological polar surface area (TPSA) is 89.7 Å². The van der Waals surface area contributed by atoms with Crippen LogP contribution in [-0.2, 0) is 32.6 Å². The first-order valence-corrected chi connectivity index (χ1v) is 14.7. The van der Waals surface area contributed by atoms with E-state index in [0.717, 1.165) is 23.1 Å². The second-order valence-corrected chi connectivity index (χ2v) is 11.8. The largest absolute Gasteiger partial charge is 0.369 e. The zero-order valence-corrected chi connectivity index (χ0v) is 23.4. The van der Waals surface area contributed by atoms with Gasteiger partial charge in [0.25, 0.3) is 0 Å². The van der Waals surface area contributed by atoms with Gasteiger partial charge in [0.1, 0.15) is 6.61 Å². The molecule has 0 fully saturated rings. The second-order valence-electron chi connectivity index (χ2n) is 9.92. The molecule has 0 radical (unpaired) electrons. The molecule has 3 aromatic rings. The predicted molar refractivity (Wildman–Crippen MR) is 152 cm³/mol.